The summed E-state index contributed by atoms with van der Waals surface area (Å²) in [5, 5.41) is 3.51. The lowest BCUT2D eigenvalue weighted by Gasteiger charge is -2.28. The molecule has 1 aromatic carbocycles. The first kappa shape index (κ1) is 14.4. The van der Waals surface area contributed by atoms with Crippen molar-refractivity contribution in [3.63, 3.8) is 0 Å². The number of ether oxygens (including phenoxy) is 1. The largest absolute Gasteiger partial charge is 0.379 e. The zero-order chi connectivity index (χ0) is 13.8. The predicted octanol–water partition coefficient (Wildman–Crippen LogP) is 2.43. The molecular formula is C16H26N2O. The fraction of sp³-hybridized carbons (Fsp3) is 0.625. The fourth-order valence-corrected chi connectivity index (χ4v) is 3.04. The summed E-state index contributed by atoms with van der Waals surface area (Å²) < 4.78 is 5.50. The Balaban J connectivity index is 1.97. The molecule has 1 aliphatic rings. The minimum atomic E-state index is 0.502. The number of hydrogen-bond donors (Lipinski definition) is 1. The summed E-state index contributed by atoms with van der Waals surface area (Å²) >= 11 is 0. The van der Waals surface area contributed by atoms with Crippen LogP contribution in [-0.4, -0.2) is 39.4 Å². The number of nitrogens with zero attached hydrogens (tertiary/aromatic N) is 1. The summed E-state index contributed by atoms with van der Waals surface area (Å²) in [4.78, 5) is 2.38. The molecule has 0 amide bonds. The van der Waals surface area contributed by atoms with E-state index in [9.17, 15) is 0 Å². The van der Waals surface area contributed by atoms with Gasteiger partial charge in [0.2, 0.25) is 0 Å². The molecular weight excluding hydrogens is 236 g/mol. The molecule has 1 N–H and O–H groups in total. The van der Waals surface area contributed by atoms with Crippen molar-refractivity contribution in [2.45, 2.75) is 33.2 Å². The molecule has 3 nitrogen and oxygen atoms in total. The Labute approximate surface area is 116 Å². The fourth-order valence-electron chi connectivity index (χ4n) is 3.04. The Morgan fingerprint density at radius 1 is 1.26 bits per heavy atom. The van der Waals surface area contributed by atoms with E-state index in [1.807, 2.05) is 0 Å². The number of anilines is 1. The highest BCUT2D eigenvalue weighted by atomic mass is 16.5. The van der Waals surface area contributed by atoms with Gasteiger partial charge in [0.25, 0.3) is 0 Å². The van der Waals surface area contributed by atoms with E-state index in [0.717, 1.165) is 32.7 Å². The van der Waals surface area contributed by atoms with Crippen LogP contribution in [0.4, 0.5) is 5.69 Å². The molecule has 3 heteroatoms. The summed E-state index contributed by atoms with van der Waals surface area (Å²) in [6.07, 6.45) is 1.13. The summed E-state index contributed by atoms with van der Waals surface area (Å²) in [5.41, 5.74) is 5.46. The molecule has 1 heterocycles. The standard InChI is InChI=1S/C16H26N2O/c1-12-9-13(2)16(14(3)10-12)18(4)7-5-15-11-19-8-6-17-15/h9-10,15,17H,5-8,11H2,1-4H3. The molecule has 0 spiro atoms. The second-order valence-corrected chi connectivity index (χ2v) is 5.68. The maximum Gasteiger partial charge on any atom is 0.0620 e. The normalized spacial score (nSPS) is 19.5. The van der Waals surface area contributed by atoms with E-state index in [0.29, 0.717) is 6.04 Å². The first-order valence-electron chi connectivity index (χ1n) is 7.18. The molecule has 106 valence electrons. The number of nitrogens with one attached hydrogen (secondary N) is 1. The molecule has 0 saturated carbocycles. The number of benzene rings is 1. The van der Waals surface area contributed by atoms with Crippen molar-refractivity contribution in [2.75, 3.05) is 38.3 Å². The quantitative estimate of drug-likeness (QED) is 0.902. The van der Waals surface area contributed by atoms with Gasteiger partial charge in [0, 0.05) is 31.9 Å². The lowest BCUT2D eigenvalue weighted by molar-refractivity contribution is 0.0749. The third kappa shape index (κ3) is 3.71. The predicted molar refractivity (Wildman–Crippen MR) is 81.1 cm³/mol. The molecule has 1 atom stereocenters. The average molecular weight is 262 g/mol. The maximum atomic E-state index is 5.50. The SMILES string of the molecule is Cc1cc(C)c(N(C)CCC2COCCN2)c(C)c1. The van der Waals surface area contributed by atoms with E-state index in [1.165, 1.54) is 22.4 Å². The van der Waals surface area contributed by atoms with Crippen molar-refractivity contribution in [2.24, 2.45) is 0 Å². The van der Waals surface area contributed by atoms with Crippen molar-refractivity contribution in [1.29, 1.82) is 0 Å². The lowest BCUT2D eigenvalue weighted by Crippen LogP contribution is -2.43. The molecule has 1 saturated heterocycles. The van der Waals surface area contributed by atoms with Gasteiger partial charge in [0.1, 0.15) is 0 Å². The van der Waals surface area contributed by atoms with Crippen LogP contribution in [0.1, 0.15) is 23.1 Å². The first-order chi connectivity index (χ1) is 9.08. The molecule has 1 unspecified atom stereocenters. The van der Waals surface area contributed by atoms with E-state index >= 15 is 0 Å². The second-order valence-electron chi connectivity index (χ2n) is 5.68. The Kier molecular flexibility index (Phi) is 4.83. The molecule has 2 rings (SSSR count). The molecule has 0 radical (unpaired) electrons. The number of aryl methyl sites for hydroxylation is 3. The third-order valence-corrected chi connectivity index (χ3v) is 3.83. The first-order valence-corrected chi connectivity index (χ1v) is 7.18. The van der Waals surface area contributed by atoms with Gasteiger partial charge in [-0.05, 0) is 38.3 Å². The number of rotatable bonds is 4. The van der Waals surface area contributed by atoms with Crippen LogP contribution in [0.2, 0.25) is 0 Å². The average Bonchev–Trinajstić information content (AvgIpc) is 2.36. The van der Waals surface area contributed by atoms with Crippen LogP contribution in [-0.2, 0) is 4.74 Å². The number of hydrogen-bond acceptors (Lipinski definition) is 3. The lowest BCUT2D eigenvalue weighted by atomic mass is 10.0. The van der Waals surface area contributed by atoms with Crippen LogP contribution in [0.25, 0.3) is 0 Å². The minimum absolute atomic E-state index is 0.502. The van der Waals surface area contributed by atoms with Crippen LogP contribution < -0.4 is 10.2 Å². The van der Waals surface area contributed by atoms with Gasteiger partial charge < -0.3 is 15.0 Å². The molecule has 1 aromatic rings. The van der Waals surface area contributed by atoms with E-state index in [1.54, 1.807) is 0 Å². The Morgan fingerprint density at radius 3 is 2.53 bits per heavy atom. The van der Waals surface area contributed by atoms with Crippen molar-refractivity contribution in [3.05, 3.63) is 28.8 Å². The third-order valence-electron chi connectivity index (χ3n) is 3.83. The van der Waals surface area contributed by atoms with Crippen LogP contribution >= 0.6 is 0 Å². The van der Waals surface area contributed by atoms with Gasteiger partial charge in [-0.3, -0.25) is 0 Å². The van der Waals surface area contributed by atoms with E-state index in [2.05, 4.69) is 50.2 Å². The van der Waals surface area contributed by atoms with E-state index < -0.39 is 0 Å². The molecule has 1 aliphatic heterocycles. The highest BCUT2D eigenvalue weighted by Gasteiger charge is 2.15. The summed E-state index contributed by atoms with van der Waals surface area (Å²) in [7, 11) is 2.19. The van der Waals surface area contributed by atoms with Crippen molar-refractivity contribution in [1.82, 2.24) is 5.32 Å². The Morgan fingerprint density at radius 2 is 1.95 bits per heavy atom. The maximum absolute atomic E-state index is 5.50. The van der Waals surface area contributed by atoms with Crippen molar-refractivity contribution >= 4 is 5.69 Å². The molecule has 0 aromatic heterocycles. The summed E-state index contributed by atoms with van der Waals surface area (Å²) in [5.74, 6) is 0. The Hall–Kier alpha value is -1.06. The van der Waals surface area contributed by atoms with Crippen molar-refractivity contribution in [3.8, 4) is 0 Å². The van der Waals surface area contributed by atoms with E-state index in [4.69, 9.17) is 4.74 Å². The van der Waals surface area contributed by atoms with Gasteiger partial charge in [-0.2, -0.15) is 0 Å². The second kappa shape index (κ2) is 6.40. The van der Waals surface area contributed by atoms with Crippen LogP contribution in [0, 0.1) is 20.8 Å². The van der Waals surface area contributed by atoms with Gasteiger partial charge in [-0.25, -0.2) is 0 Å². The highest BCUT2D eigenvalue weighted by molar-refractivity contribution is 5.59. The highest BCUT2D eigenvalue weighted by Crippen LogP contribution is 2.25. The number of morpholine rings is 1. The summed E-state index contributed by atoms with van der Waals surface area (Å²) in [6, 6.07) is 5.03. The monoisotopic (exact) mass is 262 g/mol. The van der Waals surface area contributed by atoms with Gasteiger partial charge >= 0.3 is 0 Å². The minimum Gasteiger partial charge on any atom is -0.379 e. The molecule has 1 fully saturated rings. The molecule has 0 aliphatic carbocycles. The Bertz CT molecular complexity index is 402. The van der Waals surface area contributed by atoms with Crippen molar-refractivity contribution < 1.29 is 4.74 Å². The zero-order valence-electron chi connectivity index (χ0n) is 12.6. The van der Waals surface area contributed by atoms with Gasteiger partial charge in [0.15, 0.2) is 0 Å². The van der Waals surface area contributed by atoms with Crippen LogP contribution in [0.5, 0.6) is 0 Å². The summed E-state index contributed by atoms with van der Waals surface area (Å²) in [6.45, 7) is 10.3. The molecule has 0 bridgehead atoms. The van der Waals surface area contributed by atoms with Crippen LogP contribution in [0.3, 0.4) is 0 Å². The topological polar surface area (TPSA) is 24.5 Å². The zero-order valence-corrected chi connectivity index (χ0v) is 12.6. The molecule has 19 heavy (non-hydrogen) atoms. The van der Waals surface area contributed by atoms with Gasteiger partial charge in [-0.1, -0.05) is 17.7 Å². The van der Waals surface area contributed by atoms with Gasteiger partial charge in [0.05, 0.1) is 13.2 Å². The van der Waals surface area contributed by atoms with E-state index in [-0.39, 0.29) is 0 Å². The van der Waals surface area contributed by atoms with Gasteiger partial charge in [-0.15, -0.1) is 0 Å². The smallest absolute Gasteiger partial charge is 0.0620 e. The van der Waals surface area contributed by atoms with Crippen LogP contribution in [0.15, 0.2) is 12.1 Å².